The Morgan fingerprint density at radius 1 is 0.923 bits per heavy atom. The van der Waals surface area contributed by atoms with Crippen LogP contribution in [0, 0.1) is 11.3 Å². The van der Waals surface area contributed by atoms with Crippen molar-refractivity contribution in [3.63, 3.8) is 0 Å². The van der Waals surface area contributed by atoms with Crippen molar-refractivity contribution in [2.75, 3.05) is 39.9 Å². The number of benzene rings is 3. The van der Waals surface area contributed by atoms with Crippen LogP contribution >= 0.6 is 7.60 Å². The summed E-state index contributed by atoms with van der Waals surface area (Å²) in [4.78, 5) is 0. The molecule has 1 aromatic heterocycles. The zero-order valence-electron chi connectivity index (χ0n) is 22.5. The van der Waals surface area contributed by atoms with E-state index in [9.17, 15) is 9.83 Å². The van der Waals surface area contributed by atoms with E-state index >= 15 is 0 Å². The highest BCUT2D eigenvalue weighted by Crippen LogP contribution is 2.63. The minimum absolute atomic E-state index is 0.146. The summed E-state index contributed by atoms with van der Waals surface area (Å²) in [6, 6.07) is 20.0. The van der Waals surface area contributed by atoms with E-state index in [2.05, 4.69) is 11.4 Å². The van der Waals surface area contributed by atoms with Crippen molar-refractivity contribution in [1.82, 2.24) is 0 Å². The summed E-state index contributed by atoms with van der Waals surface area (Å²) >= 11 is 0. The first kappa shape index (κ1) is 28.1. The summed E-state index contributed by atoms with van der Waals surface area (Å²) in [6.45, 7) is 3.79. The number of furan rings is 1. The van der Waals surface area contributed by atoms with Crippen LogP contribution in [0.3, 0.4) is 0 Å². The van der Waals surface area contributed by atoms with Crippen molar-refractivity contribution < 1.29 is 32.2 Å². The second-order valence-electron chi connectivity index (χ2n) is 8.39. The number of nitriles is 1. The zero-order valence-corrected chi connectivity index (χ0v) is 23.4. The van der Waals surface area contributed by atoms with Gasteiger partial charge in [-0.05, 0) is 55.8 Å². The molecule has 0 fully saturated rings. The normalized spacial score (nSPS) is 12.1. The van der Waals surface area contributed by atoms with E-state index in [1.165, 1.54) is 0 Å². The lowest BCUT2D eigenvalue weighted by Crippen LogP contribution is -2.15. The van der Waals surface area contributed by atoms with Crippen LogP contribution < -0.4 is 19.5 Å². The number of anilines is 1. The summed E-state index contributed by atoms with van der Waals surface area (Å²) in [5, 5.41) is 13.4. The highest BCUT2D eigenvalue weighted by atomic mass is 31.2. The number of nitrogens with one attached hydrogen (secondary N) is 1. The van der Waals surface area contributed by atoms with Crippen LogP contribution in [0.5, 0.6) is 17.2 Å². The van der Waals surface area contributed by atoms with Crippen molar-refractivity contribution >= 4 is 24.3 Å². The lowest BCUT2D eigenvalue weighted by Gasteiger charge is -2.27. The zero-order chi connectivity index (χ0) is 28.0. The van der Waals surface area contributed by atoms with E-state index < -0.39 is 13.4 Å². The van der Waals surface area contributed by atoms with Crippen molar-refractivity contribution in [2.45, 2.75) is 19.6 Å². The van der Waals surface area contributed by atoms with Gasteiger partial charge in [0, 0.05) is 22.7 Å². The molecule has 3 aromatic carbocycles. The number of hydrogen-bond acceptors (Lipinski definition) is 9. The van der Waals surface area contributed by atoms with E-state index in [0.717, 1.165) is 5.56 Å². The van der Waals surface area contributed by atoms with Gasteiger partial charge in [0.25, 0.3) is 0 Å². The van der Waals surface area contributed by atoms with Crippen molar-refractivity contribution in [1.29, 1.82) is 5.26 Å². The molecule has 0 saturated carbocycles. The van der Waals surface area contributed by atoms with Crippen molar-refractivity contribution in [3.05, 3.63) is 72.0 Å². The summed E-state index contributed by atoms with van der Waals surface area (Å²) < 4.78 is 48.9. The monoisotopic (exact) mass is 550 g/mol. The number of hydrogen-bond donors (Lipinski definition) is 1. The molecule has 0 aliphatic carbocycles. The first-order valence-electron chi connectivity index (χ1n) is 12.4. The molecule has 1 heterocycles. The SMILES string of the molecule is CCOP(=O)(OCC)C(Nc1cccc(C#N)c1)c1oc2cc(OC)c(OC)cc2c1-c1ccc(OC)cc1. The van der Waals surface area contributed by atoms with E-state index in [-0.39, 0.29) is 13.2 Å². The maximum absolute atomic E-state index is 14.4. The molecule has 1 unspecified atom stereocenters. The predicted molar refractivity (Wildman–Crippen MR) is 150 cm³/mol. The van der Waals surface area contributed by atoms with Crippen molar-refractivity contribution in [2.24, 2.45) is 0 Å². The molecule has 0 amide bonds. The van der Waals surface area contributed by atoms with Crippen molar-refractivity contribution in [3.8, 4) is 34.4 Å². The number of rotatable bonds is 12. The van der Waals surface area contributed by atoms with Gasteiger partial charge in [0.15, 0.2) is 17.3 Å². The molecule has 1 atom stereocenters. The topological polar surface area (TPSA) is 112 Å². The van der Waals surface area contributed by atoms with E-state index in [0.29, 0.717) is 50.8 Å². The molecular weight excluding hydrogens is 519 g/mol. The summed E-state index contributed by atoms with van der Waals surface area (Å²) in [5.41, 5.74) is 2.94. The Kier molecular flexibility index (Phi) is 8.82. The largest absolute Gasteiger partial charge is 0.497 e. The van der Waals surface area contributed by atoms with Crippen LogP contribution in [0.15, 0.2) is 65.1 Å². The van der Waals surface area contributed by atoms with Crippen LogP contribution in [0.2, 0.25) is 0 Å². The minimum Gasteiger partial charge on any atom is -0.497 e. The maximum atomic E-state index is 14.4. The average molecular weight is 551 g/mol. The van der Waals surface area contributed by atoms with Gasteiger partial charge in [-0.3, -0.25) is 4.57 Å². The summed E-state index contributed by atoms with van der Waals surface area (Å²) in [7, 11) is 0.830. The molecule has 4 aromatic rings. The summed E-state index contributed by atoms with van der Waals surface area (Å²) in [5.74, 6) is 0.947. The van der Waals surface area contributed by atoms with Gasteiger partial charge in [-0.2, -0.15) is 5.26 Å². The quantitative estimate of drug-likeness (QED) is 0.181. The fourth-order valence-corrected chi connectivity index (χ4v) is 6.23. The average Bonchev–Trinajstić information content (AvgIpc) is 3.33. The van der Waals surface area contributed by atoms with Gasteiger partial charge >= 0.3 is 7.60 Å². The van der Waals surface area contributed by atoms with Crippen LogP contribution in [0.1, 0.15) is 31.0 Å². The second kappa shape index (κ2) is 12.3. The lowest BCUT2D eigenvalue weighted by molar-refractivity contribution is 0.212. The Morgan fingerprint density at radius 2 is 1.59 bits per heavy atom. The number of fused-ring (bicyclic) bond motifs is 1. The molecule has 0 aliphatic heterocycles. The molecule has 10 heteroatoms. The highest BCUT2D eigenvalue weighted by molar-refractivity contribution is 7.54. The first-order valence-corrected chi connectivity index (χ1v) is 14.0. The molecule has 39 heavy (non-hydrogen) atoms. The van der Waals surface area contributed by atoms with Gasteiger partial charge in [0.05, 0.1) is 46.2 Å². The highest BCUT2D eigenvalue weighted by Gasteiger charge is 2.42. The number of nitrogens with zero attached hydrogens (tertiary/aromatic N) is 1. The van der Waals surface area contributed by atoms with Gasteiger partial charge in [-0.25, -0.2) is 0 Å². The van der Waals surface area contributed by atoms with Gasteiger partial charge < -0.3 is 33.0 Å². The van der Waals surface area contributed by atoms with Crippen LogP contribution in [-0.2, 0) is 13.6 Å². The molecule has 0 saturated heterocycles. The standard InChI is InChI=1S/C29H31N2O7P/c1-6-36-39(32,37-7-2)29(31-21-10-8-9-19(15-21)18-30)28-27(20-11-13-22(33-3)14-12-20)23-16-25(34-4)26(35-5)17-24(23)38-28/h8-17,29,31H,6-7H2,1-5H3. The molecule has 0 radical (unpaired) electrons. The molecule has 1 N–H and O–H groups in total. The van der Waals surface area contributed by atoms with E-state index in [1.807, 2.05) is 30.3 Å². The number of ether oxygens (including phenoxy) is 3. The molecule has 4 rings (SSSR count). The molecular formula is C29H31N2O7P. The molecule has 0 bridgehead atoms. The third kappa shape index (κ3) is 5.74. The lowest BCUT2D eigenvalue weighted by atomic mass is 10.0. The Hall–Kier alpha value is -3.96. The summed E-state index contributed by atoms with van der Waals surface area (Å²) in [6.07, 6.45) is 0. The first-order chi connectivity index (χ1) is 18.9. The Morgan fingerprint density at radius 3 is 2.18 bits per heavy atom. The predicted octanol–water partition coefficient (Wildman–Crippen LogP) is 7.37. The van der Waals surface area contributed by atoms with Gasteiger partial charge in [-0.1, -0.05) is 18.2 Å². The van der Waals surface area contributed by atoms with Crippen LogP contribution in [-0.4, -0.2) is 34.5 Å². The van der Waals surface area contributed by atoms with Gasteiger partial charge in [0.2, 0.25) is 0 Å². The van der Waals surface area contributed by atoms with E-state index in [1.54, 1.807) is 65.5 Å². The Bertz CT molecular complexity index is 1520. The fourth-order valence-electron chi connectivity index (χ4n) is 4.36. The third-order valence-electron chi connectivity index (χ3n) is 6.08. The van der Waals surface area contributed by atoms with E-state index in [4.69, 9.17) is 27.7 Å². The van der Waals surface area contributed by atoms with Gasteiger partial charge in [0.1, 0.15) is 17.1 Å². The number of methoxy groups -OCH3 is 3. The molecule has 0 spiro atoms. The Labute approximate surface area is 227 Å². The Balaban J connectivity index is 2.03. The van der Waals surface area contributed by atoms with Crippen LogP contribution in [0.25, 0.3) is 22.1 Å². The maximum Gasteiger partial charge on any atom is 0.360 e. The third-order valence-corrected chi connectivity index (χ3v) is 8.31. The van der Waals surface area contributed by atoms with Gasteiger partial charge in [-0.15, -0.1) is 0 Å². The molecule has 204 valence electrons. The minimum atomic E-state index is -3.87. The molecule has 0 aliphatic rings. The second-order valence-corrected chi connectivity index (χ2v) is 10.5. The van der Waals surface area contributed by atoms with Crippen LogP contribution in [0.4, 0.5) is 5.69 Å². The smallest absolute Gasteiger partial charge is 0.360 e. The molecule has 9 nitrogen and oxygen atoms in total. The fraction of sp³-hybridized carbons (Fsp3) is 0.276.